The Morgan fingerprint density at radius 1 is 1.29 bits per heavy atom. The van der Waals surface area contributed by atoms with Gasteiger partial charge in [0.1, 0.15) is 5.82 Å². The second kappa shape index (κ2) is 7.93. The number of nitrogens with zero attached hydrogens (tertiary/aromatic N) is 2. The van der Waals surface area contributed by atoms with Gasteiger partial charge in [0.05, 0.1) is 0 Å². The molecule has 0 aliphatic heterocycles. The molecule has 0 aliphatic rings. The molecule has 1 aromatic carbocycles. The first-order valence-corrected chi connectivity index (χ1v) is 7.64. The van der Waals surface area contributed by atoms with E-state index in [1.165, 1.54) is 5.69 Å². The Bertz CT molecular complexity index is 550. The first-order chi connectivity index (χ1) is 10.2. The molecule has 0 saturated heterocycles. The molecular weight excluding hydrogens is 265 g/mol. The minimum atomic E-state index is -0.106. The SMILES string of the molecule is CCCNCC(CCc1ccnn1C)c1ccccc1F. The molecule has 1 atom stereocenters. The van der Waals surface area contributed by atoms with Gasteiger partial charge in [-0.1, -0.05) is 25.1 Å². The van der Waals surface area contributed by atoms with Crippen LogP contribution in [0.15, 0.2) is 36.5 Å². The molecule has 0 aliphatic carbocycles. The number of benzene rings is 1. The Hall–Kier alpha value is -1.68. The lowest BCUT2D eigenvalue weighted by molar-refractivity contribution is 0.510. The third kappa shape index (κ3) is 4.39. The molecule has 0 radical (unpaired) electrons. The van der Waals surface area contributed by atoms with Gasteiger partial charge in [-0.05, 0) is 49.4 Å². The quantitative estimate of drug-likeness (QED) is 0.756. The van der Waals surface area contributed by atoms with Gasteiger partial charge in [0.15, 0.2) is 0 Å². The van der Waals surface area contributed by atoms with Gasteiger partial charge in [-0.25, -0.2) is 4.39 Å². The lowest BCUT2D eigenvalue weighted by Gasteiger charge is -2.19. The molecule has 114 valence electrons. The summed E-state index contributed by atoms with van der Waals surface area (Å²) >= 11 is 0. The van der Waals surface area contributed by atoms with Gasteiger partial charge in [-0.2, -0.15) is 5.10 Å². The van der Waals surface area contributed by atoms with Gasteiger partial charge in [0, 0.05) is 25.5 Å². The Labute approximate surface area is 126 Å². The summed E-state index contributed by atoms with van der Waals surface area (Å²) in [6.45, 7) is 3.92. The Balaban J connectivity index is 2.05. The molecule has 0 spiro atoms. The summed E-state index contributed by atoms with van der Waals surface area (Å²) in [5.74, 6) is 0.0819. The van der Waals surface area contributed by atoms with E-state index in [-0.39, 0.29) is 11.7 Å². The van der Waals surface area contributed by atoms with Gasteiger partial charge in [0.25, 0.3) is 0 Å². The van der Waals surface area contributed by atoms with E-state index in [0.717, 1.165) is 37.9 Å². The number of hydrogen-bond acceptors (Lipinski definition) is 2. The number of halogens is 1. The van der Waals surface area contributed by atoms with Crippen LogP contribution in [0.2, 0.25) is 0 Å². The minimum absolute atomic E-state index is 0.106. The number of rotatable bonds is 8. The summed E-state index contributed by atoms with van der Waals surface area (Å²) in [6, 6.07) is 9.13. The molecule has 2 rings (SSSR count). The van der Waals surface area contributed by atoms with Crippen LogP contribution in [-0.4, -0.2) is 22.9 Å². The zero-order valence-electron chi connectivity index (χ0n) is 12.8. The first kappa shape index (κ1) is 15.7. The molecule has 1 aromatic heterocycles. The highest BCUT2D eigenvalue weighted by Crippen LogP contribution is 2.23. The highest BCUT2D eigenvalue weighted by molar-refractivity contribution is 5.22. The van der Waals surface area contributed by atoms with Gasteiger partial charge in [0.2, 0.25) is 0 Å². The van der Waals surface area contributed by atoms with Crippen LogP contribution in [0.1, 0.15) is 36.9 Å². The van der Waals surface area contributed by atoms with Crippen LogP contribution in [0, 0.1) is 5.82 Å². The lowest BCUT2D eigenvalue weighted by atomic mass is 9.93. The average Bonchev–Trinajstić information content (AvgIpc) is 2.89. The van der Waals surface area contributed by atoms with Crippen molar-refractivity contribution in [3.05, 3.63) is 53.6 Å². The summed E-state index contributed by atoms with van der Waals surface area (Å²) in [5, 5.41) is 7.60. The third-order valence-corrected chi connectivity index (χ3v) is 3.83. The van der Waals surface area contributed by atoms with Gasteiger partial charge >= 0.3 is 0 Å². The molecule has 0 bridgehead atoms. The summed E-state index contributed by atoms with van der Waals surface area (Å²) in [4.78, 5) is 0. The van der Waals surface area contributed by atoms with Crippen LogP contribution in [0.3, 0.4) is 0 Å². The molecule has 21 heavy (non-hydrogen) atoms. The average molecular weight is 289 g/mol. The molecule has 2 aromatic rings. The van der Waals surface area contributed by atoms with Crippen molar-refractivity contribution in [1.82, 2.24) is 15.1 Å². The maximum absolute atomic E-state index is 14.0. The van der Waals surface area contributed by atoms with Crippen LogP contribution >= 0.6 is 0 Å². The van der Waals surface area contributed by atoms with Crippen molar-refractivity contribution >= 4 is 0 Å². The topological polar surface area (TPSA) is 29.9 Å². The fourth-order valence-corrected chi connectivity index (χ4v) is 2.60. The second-order valence-electron chi connectivity index (χ2n) is 5.41. The highest BCUT2D eigenvalue weighted by Gasteiger charge is 2.15. The summed E-state index contributed by atoms with van der Waals surface area (Å²) < 4.78 is 15.9. The number of aromatic nitrogens is 2. The lowest BCUT2D eigenvalue weighted by Crippen LogP contribution is -2.23. The molecule has 0 amide bonds. The number of hydrogen-bond donors (Lipinski definition) is 1. The van der Waals surface area contributed by atoms with E-state index in [1.807, 2.05) is 36.1 Å². The molecular formula is C17H24FN3. The smallest absolute Gasteiger partial charge is 0.126 e. The van der Waals surface area contributed by atoms with Crippen molar-refractivity contribution < 1.29 is 4.39 Å². The van der Waals surface area contributed by atoms with Crippen molar-refractivity contribution in [1.29, 1.82) is 0 Å². The van der Waals surface area contributed by atoms with E-state index in [0.29, 0.717) is 0 Å². The normalized spacial score (nSPS) is 12.5. The van der Waals surface area contributed by atoms with E-state index in [2.05, 4.69) is 17.3 Å². The van der Waals surface area contributed by atoms with Crippen molar-refractivity contribution in [2.75, 3.05) is 13.1 Å². The Morgan fingerprint density at radius 2 is 2.10 bits per heavy atom. The van der Waals surface area contributed by atoms with Crippen LogP contribution in [0.25, 0.3) is 0 Å². The maximum Gasteiger partial charge on any atom is 0.126 e. The number of aryl methyl sites for hydroxylation is 2. The van der Waals surface area contributed by atoms with Crippen molar-refractivity contribution in [3.8, 4) is 0 Å². The van der Waals surface area contributed by atoms with Crippen LogP contribution in [0.4, 0.5) is 4.39 Å². The van der Waals surface area contributed by atoms with Crippen molar-refractivity contribution in [2.45, 2.75) is 32.1 Å². The molecule has 1 heterocycles. The largest absolute Gasteiger partial charge is 0.316 e. The summed E-state index contributed by atoms with van der Waals surface area (Å²) in [7, 11) is 1.95. The van der Waals surface area contributed by atoms with E-state index >= 15 is 0 Å². The van der Waals surface area contributed by atoms with Gasteiger partial charge < -0.3 is 5.32 Å². The Morgan fingerprint density at radius 3 is 2.76 bits per heavy atom. The Kier molecular flexibility index (Phi) is 5.93. The fraction of sp³-hybridized carbons (Fsp3) is 0.471. The molecule has 0 fully saturated rings. The van der Waals surface area contributed by atoms with E-state index < -0.39 is 0 Å². The molecule has 0 saturated carbocycles. The van der Waals surface area contributed by atoms with E-state index in [4.69, 9.17) is 0 Å². The van der Waals surface area contributed by atoms with E-state index in [9.17, 15) is 4.39 Å². The fourth-order valence-electron chi connectivity index (χ4n) is 2.60. The zero-order valence-corrected chi connectivity index (χ0v) is 12.8. The standard InChI is InChI=1S/C17H24FN3/c1-3-11-19-13-14(16-6-4-5-7-17(16)18)8-9-15-10-12-20-21(15)2/h4-7,10,12,14,19H,3,8-9,11,13H2,1-2H3. The third-order valence-electron chi connectivity index (χ3n) is 3.83. The van der Waals surface area contributed by atoms with Crippen LogP contribution < -0.4 is 5.32 Å². The van der Waals surface area contributed by atoms with Crippen LogP contribution in [-0.2, 0) is 13.5 Å². The molecule has 4 heteroatoms. The zero-order chi connectivity index (χ0) is 15.1. The maximum atomic E-state index is 14.0. The van der Waals surface area contributed by atoms with Crippen LogP contribution in [0.5, 0.6) is 0 Å². The predicted molar refractivity (Wildman–Crippen MR) is 83.8 cm³/mol. The molecule has 1 N–H and O–H groups in total. The predicted octanol–water partition coefficient (Wildman–Crippen LogP) is 3.28. The summed E-state index contributed by atoms with van der Waals surface area (Å²) in [6.07, 6.45) is 4.72. The van der Waals surface area contributed by atoms with Crippen molar-refractivity contribution in [2.24, 2.45) is 7.05 Å². The second-order valence-corrected chi connectivity index (χ2v) is 5.41. The first-order valence-electron chi connectivity index (χ1n) is 7.64. The van der Waals surface area contributed by atoms with Gasteiger partial charge in [-0.3, -0.25) is 4.68 Å². The minimum Gasteiger partial charge on any atom is -0.316 e. The molecule has 1 unspecified atom stereocenters. The monoisotopic (exact) mass is 289 g/mol. The van der Waals surface area contributed by atoms with Gasteiger partial charge in [-0.15, -0.1) is 0 Å². The summed E-state index contributed by atoms with van der Waals surface area (Å²) in [5.41, 5.74) is 2.00. The molecule has 3 nitrogen and oxygen atoms in total. The van der Waals surface area contributed by atoms with Crippen molar-refractivity contribution in [3.63, 3.8) is 0 Å². The number of nitrogens with one attached hydrogen (secondary N) is 1. The highest BCUT2D eigenvalue weighted by atomic mass is 19.1. The van der Waals surface area contributed by atoms with E-state index in [1.54, 1.807) is 12.1 Å².